The zero-order valence-electron chi connectivity index (χ0n) is 5.32. The van der Waals surface area contributed by atoms with Crippen LogP contribution >= 0.6 is 27.5 Å². The summed E-state index contributed by atoms with van der Waals surface area (Å²) in [4.78, 5) is 0. The Labute approximate surface area is 73.1 Å². The standard InChI is InChI=1S/C7H5BrClO/c1-10-7-4-5(9)2-3-6(7)8/h2,4H,1H3. The summed E-state index contributed by atoms with van der Waals surface area (Å²) in [5.74, 6) is 0.701. The van der Waals surface area contributed by atoms with Crippen LogP contribution in [0.1, 0.15) is 0 Å². The number of benzene rings is 1. The average Bonchev–Trinajstić information content (AvgIpc) is 1.94. The van der Waals surface area contributed by atoms with Crippen molar-refractivity contribution in [3.63, 3.8) is 0 Å². The number of methoxy groups -OCH3 is 1. The number of ether oxygens (including phenoxy) is 1. The summed E-state index contributed by atoms with van der Waals surface area (Å²) >= 11 is 8.91. The maximum absolute atomic E-state index is 5.66. The quantitative estimate of drug-likeness (QED) is 0.707. The van der Waals surface area contributed by atoms with E-state index in [2.05, 4.69) is 22.0 Å². The topological polar surface area (TPSA) is 9.23 Å². The van der Waals surface area contributed by atoms with Crippen molar-refractivity contribution in [1.82, 2.24) is 0 Å². The highest BCUT2D eigenvalue weighted by atomic mass is 79.9. The van der Waals surface area contributed by atoms with E-state index in [1.807, 2.05) is 0 Å². The van der Waals surface area contributed by atoms with E-state index in [-0.39, 0.29) is 0 Å². The monoisotopic (exact) mass is 219 g/mol. The molecule has 1 radical (unpaired) electrons. The normalized spacial score (nSPS) is 9.50. The molecule has 0 aliphatic heterocycles. The van der Waals surface area contributed by atoms with Crippen molar-refractivity contribution >= 4 is 27.5 Å². The van der Waals surface area contributed by atoms with Gasteiger partial charge in [0.05, 0.1) is 11.6 Å². The van der Waals surface area contributed by atoms with Gasteiger partial charge in [-0.25, -0.2) is 0 Å². The summed E-state index contributed by atoms with van der Waals surface area (Å²) in [6.45, 7) is 0. The molecule has 0 saturated carbocycles. The summed E-state index contributed by atoms with van der Waals surface area (Å²) < 4.78 is 5.75. The van der Waals surface area contributed by atoms with Crippen LogP contribution in [0.4, 0.5) is 0 Å². The van der Waals surface area contributed by atoms with Crippen LogP contribution in [0.3, 0.4) is 0 Å². The molecule has 1 aromatic carbocycles. The third-order valence-corrected chi connectivity index (χ3v) is 1.88. The Bertz CT molecular complexity index is 237. The molecule has 10 heavy (non-hydrogen) atoms. The molecule has 0 aliphatic carbocycles. The molecular weight excluding hydrogens is 215 g/mol. The summed E-state index contributed by atoms with van der Waals surface area (Å²) in [5, 5.41) is 0.625. The Morgan fingerprint density at radius 1 is 1.70 bits per heavy atom. The van der Waals surface area contributed by atoms with Crippen LogP contribution in [0.5, 0.6) is 5.75 Å². The smallest absolute Gasteiger partial charge is 0.135 e. The molecule has 0 aromatic heterocycles. The molecule has 0 N–H and O–H groups in total. The van der Waals surface area contributed by atoms with Gasteiger partial charge in [0.15, 0.2) is 0 Å². The fraction of sp³-hybridized carbons (Fsp3) is 0.143. The third kappa shape index (κ3) is 1.64. The van der Waals surface area contributed by atoms with Gasteiger partial charge in [-0.1, -0.05) is 11.6 Å². The van der Waals surface area contributed by atoms with E-state index in [0.717, 1.165) is 4.47 Å². The largest absolute Gasteiger partial charge is 0.496 e. The van der Waals surface area contributed by atoms with Crippen molar-refractivity contribution < 1.29 is 4.74 Å². The molecule has 0 fully saturated rings. The molecule has 0 atom stereocenters. The van der Waals surface area contributed by atoms with E-state index in [1.165, 1.54) is 0 Å². The van der Waals surface area contributed by atoms with Crippen LogP contribution < -0.4 is 4.74 Å². The molecule has 0 unspecified atom stereocenters. The van der Waals surface area contributed by atoms with Crippen LogP contribution in [-0.2, 0) is 0 Å². The van der Waals surface area contributed by atoms with Crippen molar-refractivity contribution in [3.8, 4) is 5.75 Å². The highest BCUT2D eigenvalue weighted by Gasteiger charge is 1.98. The molecular formula is C7H5BrClO. The second-order valence-electron chi connectivity index (χ2n) is 1.70. The van der Waals surface area contributed by atoms with Gasteiger partial charge in [-0.15, -0.1) is 0 Å². The zero-order chi connectivity index (χ0) is 7.56. The van der Waals surface area contributed by atoms with E-state index in [9.17, 15) is 0 Å². The van der Waals surface area contributed by atoms with Crippen LogP contribution in [0.15, 0.2) is 16.6 Å². The number of halogens is 2. The number of rotatable bonds is 1. The summed E-state index contributed by atoms with van der Waals surface area (Å²) in [6, 6.07) is 6.28. The van der Waals surface area contributed by atoms with Gasteiger partial charge in [-0.2, -0.15) is 0 Å². The van der Waals surface area contributed by atoms with E-state index in [1.54, 1.807) is 19.2 Å². The first-order chi connectivity index (χ1) is 4.74. The second-order valence-corrected chi connectivity index (χ2v) is 2.93. The van der Waals surface area contributed by atoms with E-state index in [0.29, 0.717) is 10.8 Å². The van der Waals surface area contributed by atoms with Crippen LogP contribution in [0, 0.1) is 6.07 Å². The molecule has 0 aliphatic rings. The van der Waals surface area contributed by atoms with Crippen LogP contribution in [0.25, 0.3) is 0 Å². The number of hydrogen-bond acceptors (Lipinski definition) is 1. The first kappa shape index (κ1) is 7.89. The SMILES string of the molecule is COc1cc(Cl)c[c]c1Br. The Hall–Kier alpha value is -0.210. The minimum Gasteiger partial charge on any atom is -0.496 e. The highest BCUT2D eigenvalue weighted by molar-refractivity contribution is 9.10. The van der Waals surface area contributed by atoms with Gasteiger partial charge in [0.2, 0.25) is 0 Å². The van der Waals surface area contributed by atoms with Gasteiger partial charge >= 0.3 is 0 Å². The maximum atomic E-state index is 5.66. The molecule has 0 heterocycles. The van der Waals surface area contributed by atoms with Gasteiger partial charge < -0.3 is 4.74 Å². The lowest BCUT2D eigenvalue weighted by Crippen LogP contribution is -1.83. The fourth-order valence-electron chi connectivity index (χ4n) is 0.582. The highest BCUT2D eigenvalue weighted by Crippen LogP contribution is 2.26. The molecule has 53 valence electrons. The lowest BCUT2D eigenvalue weighted by atomic mass is 10.3. The van der Waals surface area contributed by atoms with Gasteiger partial charge in [-0.05, 0) is 28.1 Å². The lowest BCUT2D eigenvalue weighted by molar-refractivity contribution is 0.412. The summed E-state index contributed by atoms with van der Waals surface area (Å²) in [5.41, 5.74) is 0. The van der Waals surface area contributed by atoms with Gasteiger partial charge in [0.25, 0.3) is 0 Å². The first-order valence-corrected chi connectivity index (χ1v) is 3.82. The minimum absolute atomic E-state index is 0.625. The molecule has 0 amide bonds. The van der Waals surface area contributed by atoms with Gasteiger partial charge in [0.1, 0.15) is 5.75 Å². The fourth-order valence-corrected chi connectivity index (χ4v) is 1.13. The first-order valence-electron chi connectivity index (χ1n) is 2.65. The molecule has 0 bridgehead atoms. The van der Waals surface area contributed by atoms with Crippen LogP contribution in [0.2, 0.25) is 5.02 Å². The van der Waals surface area contributed by atoms with Gasteiger partial charge in [-0.3, -0.25) is 0 Å². The second kappa shape index (κ2) is 3.26. The van der Waals surface area contributed by atoms with Crippen molar-refractivity contribution in [3.05, 3.63) is 27.7 Å². The van der Waals surface area contributed by atoms with E-state index >= 15 is 0 Å². The zero-order valence-corrected chi connectivity index (χ0v) is 7.66. The molecule has 1 nitrogen and oxygen atoms in total. The van der Waals surface area contributed by atoms with Crippen molar-refractivity contribution in [1.29, 1.82) is 0 Å². The summed E-state index contributed by atoms with van der Waals surface area (Å²) in [6.07, 6.45) is 0. The van der Waals surface area contributed by atoms with Crippen LogP contribution in [-0.4, -0.2) is 7.11 Å². The average molecular weight is 220 g/mol. The predicted octanol–water partition coefficient (Wildman–Crippen LogP) is 2.91. The number of hydrogen-bond donors (Lipinski definition) is 0. The Morgan fingerprint density at radius 2 is 2.40 bits per heavy atom. The Balaban J connectivity index is 3.09. The van der Waals surface area contributed by atoms with Crippen molar-refractivity contribution in [2.24, 2.45) is 0 Å². The van der Waals surface area contributed by atoms with Crippen molar-refractivity contribution in [2.75, 3.05) is 7.11 Å². The molecule has 0 spiro atoms. The molecule has 0 saturated heterocycles. The maximum Gasteiger partial charge on any atom is 0.135 e. The van der Waals surface area contributed by atoms with E-state index in [4.69, 9.17) is 16.3 Å². The van der Waals surface area contributed by atoms with E-state index < -0.39 is 0 Å². The third-order valence-electron chi connectivity index (χ3n) is 1.04. The molecule has 1 aromatic rings. The minimum atomic E-state index is 0.625. The summed E-state index contributed by atoms with van der Waals surface area (Å²) in [7, 11) is 1.59. The Morgan fingerprint density at radius 3 is 2.90 bits per heavy atom. The van der Waals surface area contributed by atoms with Crippen molar-refractivity contribution in [2.45, 2.75) is 0 Å². The van der Waals surface area contributed by atoms with Gasteiger partial charge in [0, 0.05) is 11.1 Å². The lowest BCUT2D eigenvalue weighted by Gasteiger charge is -2.00. The molecule has 1 rings (SSSR count). The predicted molar refractivity (Wildman–Crippen MR) is 44.5 cm³/mol. The molecule has 3 heteroatoms. The Kier molecular flexibility index (Phi) is 2.57.